The van der Waals surface area contributed by atoms with Crippen LogP contribution in [0.5, 0.6) is 0 Å². The van der Waals surface area contributed by atoms with Gasteiger partial charge < -0.3 is 0 Å². The molecule has 1 aromatic rings. The van der Waals surface area contributed by atoms with E-state index in [0.29, 0.717) is 6.42 Å². The Morgan fingerprint density at radius 1 is 1.19 bits per heavy atom. The average molecular weight is 360 g/mol. The molecule has 0 radical (unpaired) electrons. The van der Waals surface area contributed by atoms with Crippen LogP contribution in [0.4, 0.5) is 4.39 Å². The standard InChI is InChI=1S/C24H38FN/c1-6-7-8-20-14-17-24(18-15-20,19(2)26-5)22-11-9-21(10-12-22)13-16-23(3,4)25/h9-12,20H,6-8,13-18H2,1-5H3. The summed E-state index contributed by atoms with van der Waals surface area (Å²) in [6, 6.07) is 8.97. The van der Waals surface area contributed by atoms with E-state index in [-0.39, 0.29) is 5.41 Å². The van der Waals surface area contributed by atoms with Crippen molar-refractivity contribution in [2.24, 2.45) is 10.9 Å². The summed E-state index contributed by atoms with van der Waals surface area (Å²) < 4.78 is 13.8. The van der Waals surface area contributed by atoms with Gasteiger partial charge in [0.25, 0.3) is 0 Å². The first-order valence-electron chi connectivity index (χ1n) is 10.5. The smallest absolute Gasteiger partial charge is 0.105 e. The Kier molecular flexibility index (Phi) is 7.43. The van der Waals surface area contributed by atoms with Gasteiger partial charge in [-0.05, 0) is 76.3 Å². The van der Waals surface area contributed by atoms with Gasteiger partial charge in [-0.2, -0.15) is 0 Å². The second kappa shape index (κ2) is 9.15. The molecule has 1 aromatic carbocycles. The Labute approximate surface area is 160 Å². The molecule has 1 aliphatic rings. The van der Waals surface area contributed by atoms with Crippen molar-refractivity contribution < 1.29 is 4.39 Å². The van der Waals surface area contributed by atoms with Crippen LogP contribution in [0, 0.1) is 5.92 Å². The van der Waals surface area contributed by atoms with Crippen LogP contribution >= 0.6 is 0 Å². The summed E-state index contributed by atoms with van der Waals surface area (Å²) in [6.45, 7) is 7.81. The third-order valence-corrected chi connectivity index (χ3v) is 6.47. The van der Waals surface area contributed by atoms with Crippen molar-refractivity contribution in [2.75, 3.05) is 7.05 Å². The molecule has 1 saturated carbocycles. The molecule has 0 aromatic heterocycles. The number of nitrogens with zero attached hydrogens (tertiary/aromatic N) is 1. The van der Waals surface area contributed by atoms with Crippen molar-refractivity contribution in [2.45, 2.75) is 96.6 Å². The largest absolute Gasteiger partial charge is 0.297 e. The van der Waals surface area contributed by atoms with Crippen LogP contribution in [0.25, 0.3) is 0 Å². The molecule has 0 bridgehead atoms. The van der Waals surface area contributed by atoms with E-state index >= 15 is 0 Å². The van der Waals surface area contributed by atoms with Crippen LogP contribution in [-0.2, 0) is 11.8 Å². The lowest BCUT2D eigenvalue weighted by Crippen LogP contribution is -2.38. The minimum atomic E-state index is -1.10. The quantitative estimate of drug-likeness (QED) is 0.440. The van der Waals surface area contributed by atoms with Crippen molar-refractivity contribution in [1.82, 2.24) is 0 Å². The summed E-state index contributed by atoms with van der Waals surface area (Å²) in [5.74, 6) is 0.888. The van der Waals surface area contributed by atoms with E-state index in [1.807, 2.05) is 7.05 Å². The maximum Gasteiger partial charge on any atom is 0.105 e. The highest BCUT2D eigenvalue weighted by molar-refractivity contribution is 5.93. The van der Waals surface area contributed by atoms with Crippen molar-refractivity contribution in [3.05, 3.63) is 35.4 Å². The predicted octanol–water partition coefficient (Wildman–Crippen LogP) is 7.08. The van der Waals surface area contributed by atoms with Crippen molar-refractivity contribution in [3.8, 4) is 0 Å². The summed E-state index contributed by atoms with van der Waals surface area (Å²) >= 11 is 0. The van der Waals surface area contributed by atoms with Crippen molar-refractivity contribution in [3.63, 3.8) is 0 Å². The molecule has 2 heteroatoms. The average Bonchev–Trinajstić information content (AvgIpc) is 2.64. The number of rotatable bonds is 8. The van der Waals surface area contributed by atoms with E-state index in [1.54, 1.807) is 13.8 Å². The van der Waals surface area contributed by atoms with Crippen LogP contribution in [0.15, 0.2) is 29.3 Å². The number of benzene rings is 1. The van der Waals surface area contributed by atoms with Gasteiger partial charge in [0.1, 0.15) is 5.67 Å². The number of halogens is 1. The fraction of sp³-hybridized carbons (Fsp3) is 0.708. The highest BCUT2D eigenvalue weighted by Crippen LogP contribution is 2.44. The van der Waals surface area contributed by atoms with E-state index in [1.165, 1.54) is 61.8 Å². The summed E-state index contributed by atoms with van der Waals surface area (Å²) in [5, 5.41) is 0. The van der Waals surface area contributed by atoms with Gasteiger partial charge in [-0.3, -0.25) is 4.99 Å². The van der Waals surface area contributed by atoms with E-state index in [9.17, 15) is 4.39 Å². The second-order valence-corrected chi connectivity index (χ2v) is 8.89. The topological polar surface area (TPSA) is 12.4 Å². The van der Waals surface area contributed by atoms with Crippen LogP contribution in [0.3, 0.4) is 0 Å². The lowest BCUT2D eigenvalue weighted by Gasteiger charge is -2.41. The summed E-state index contributed by atoms with van der Waals surface area (Å²) in [4.78, 5) is 4.61. The summed E-state index contributed by atoms with van der Waals surface area (Å²) in [6.07, 6.45) is 10.5. The van der Waals surface area contributed by atoms with E-state index < -0.39 is 5.67 Å². The zero-order chi connectivity index (χ0) is 19.2. The van der Waals surface area contributed by atoms with Gasteiger partial charge in [0.2, 0.25) is 0 Å². The molecule has 0 aliphatic heterocycles. The number of aryl methyl sites for hydroxylation is 1. The maximum absolute atomic E-state index is 13.8. The lowest BCUT2D eigenvalue weighted by molar-refractivity contribution is 0.202. The van der Waals surface area contributed by atoms with Gasteiger partial charge in [-0.15, -0.1) is 0 Å². The molecule has 0 spiro atoms. The molecular weight excluding hydrogens is 321 g/mol. The van der Waals surface area contributed by atoms with Gasteiger partial charge in [-0.1, -0.05) is 50.5 Å². The Morgan fingerprint density at radius 3 is 2.31 bits per heavy atom. The highest BCUT2D eigenvalue weighted by atomic mass is 19.1. The minimum Gasteiger partial charge on any atom is -0.297 e. The Morgan fingerprint density at radius 2 is 1.81 bits per heavy atom. The van der Waals surface area contributed by atoms with E-state index in [0.717, 1.165) is 12.3 Å². The Hall–Kier alpha value is -1.18. The number of unbranched alkanes of at least 4 members (excludes halogenated alkanes) is 1. The van der Waals surface area contributed by atoms with Gasteiger partial charge in [0.15, 0.2) is 0 Å². The van der Waals surface area contributed by atoms with Crippen LogP contribution < -0.4 is 0 Å². The second-order valence-electron chi connectivity index (χ2n) is 8.89. The normalized spacial score (nSPS) is 24.7. The highest BCUT2D eigenvalue weighted by Gasteiger charge is 2.38. The molecule has 0 N–H and O–H groups in total. The first-order valence-corrected chi connectivity index (χ1v) is 10.5. The molecule has 0 atom stereocenters. The third kappa shape index (κ3) is 5.41. The van der Waals surface area contributed by atoms with Crippen LogP contribution in [0.2, 0.25) is 0 Å². The maximum atomic E-state index is 13.8. The lowest BCUT2D eigenvalue weighted by atomic mass is 9.63. The molecule has 0 heterocycles. The SMILES string of the molecule is CCCCC1CCC(C(C)=NC)(c2ccc(CCC(C)(C)F)cc2)CC1. The molecule has 1 nitrogen and oxygen atoms in total. The molecule has 146 valence electrons. The number of aliphatic imine (C=N–C) groups is 1. The van der Waals surface area contributed by atoms with Gasteiger partial charge in [-0.25, -0.2) is 4.39 Å². The fourth-order valence-corrected chi connectivity index (χ4v) is 4.46. The monoisotopic (exact) mass is 359 g/mol. The molecule has 2 rings (SSSR count). The van der Waals surface area contributed by atoms with Crippen molar-refractivity contribution in [1.29, 1.82) is 0 Å². The summed E-state index contributed by atoms with van der Waals surface area (Å²) in [7, 11) is 1.93. The van der Waals surface area contributed by atoms with Gasteiger partial charge in [0.05, 0.1) is 0 Å². The zero-order valence-corrected chi connectivity index (χ0v) is 17.6. The molecule has 0 saturated heterocycles. The molecule has 0 unspecified atom stereocenters. The number of alkyl halides is 1. The third-order valence-electron chi connectivity index (χ3n) is 6.47. The summed E-state index contributed by atoms with van der Waals surface area (Å²) in [5.41, 5.74) is 2.91. The first-order chi connectivity index (χ1) is 12.3. The Bertz CT molecular complexity index is 571. The minimum absolute atomic E-state index is 0.107. The molecule has 1 fully saturated rings. The van der Waals surface area contributed by atoms with Crippen LogP contribution in [0.1, 0.15) is 90.2 Å². The van der Waals surface area contributed by atoms with E-state index in [2.05, 4.69) is 43.1 Å². The molecule has 0 amide bonds. The molecule has 26 heavy (non-hydrogen) atoms. The Balaban J connectivity index is 2.13. The first kappa shape index (κ1) is 21.1. The fourth-order valence-electron chi connectivity index (χ4n) is 4.46. The van der Waals surface area contributed by atoms with Crippen molar-refractivity contribution >= 4 is 5.71 Å². The van der Waals surface area contributed by atoms with E-state index in [4.69, 9.17) is 0 Å². The predicted molar refractivity (Wildman–Crippen MR) is 112 cm³/mol. The van der Waals surface area contributed by atoms with Crippen LogP contribution in [-0.4, -0.2) is 18.4 Å². The molecule has 1 aliphatic carbocycles. The number of hydrogen-bond donors (Lipinski definition) is 0. The zero-order valence-electron chi connectivity index (χ0n) is 17.6. The molecular formula is C24H38FN. The number of hydrogen-bond acceptors (Lipinski definition) is 1. The van der Waals surface area contributed by atoms with Gasteiger partial charge >= 0.3 is 0 Å². The van der Waals surface area contributed by atoms with Gasteiger partial charge in [0, 0.05) is 18.2 Å².